The van der Waals surface area contributed by atoms with Crippen molar-refractivity contribution in [1.29, 1.82) is 0 Å². The summed E-state index contributed by atoms with van der Waals surface area (Å²) in [6.07, 6.45) is -3.56. The number of benzene rings is 5. The average molecular weight is 633 g/mol. The van der Waals surface area contributed by atoms with Gasteiger partial charge in [-0.2, -0.15) is 0 Å². The molecule has 47 heavy (non-hydrogen) atoms. The first-order chi connectivity index (χ1) is 22.8. The fourth-order valence-electron chi connectivity index (χ4n) is 6.57. The Bertz CT molecular complexity index is 1620. The van der Waals surface area contributed by atoms with E-state index < -0.39 is 35.6 Å². The molecule has 0 heterocycles. The molecule has 0 fully saturated rings. The summed E-state index contributed by atoms with van der Waals surface area (Å²) in [4.78, 5) is 0. The topological polar surface area (TPSA) is 110 Å². The lowest BCUT2D eigenvalue weighted by molar-refractivity contribution is -0.303. The van der Waals surface area contributed by atoms with Crippen LogP contribution < -0.4 is 0 Å². The van der Waals surface area contributed by atoms with Crippen LogP contribution in [0.15, 0.2) is 152 Å². The van der Waals surface area contributed by atoms with Gasteiger partial charge in [0.05, 0.1) is 19.3 Å². The van der Waals surface area contributed by atoms with Crippen molar-refractivity contribution in [2.24, 2.45) is 0 Å². The molecule has 0 spiro atoms. The molecular formula is C41H44O6. The highest BCUT2D eigenvalue weighted by Gasteiger charge is 2.66. The van der Waals surface area contributed by atoms with Crippen LogP contribution in [0.3, 0.4) is 0 Å². The summed E-state index contributed by atoms with van der Waals surface area (Å²) in [5.41, 5.74) is -3.67. The van der Waals surface area contributed by atoms with Crippen LogP contribution in [0.2, 0.25) is 0 Å². The summed E-state index contributed by atoms with van der Waals surface area (Å²) in [6.45, 7) is -0.627. The quantitative estimate of drug-likeness (QED) is 0.104. The molecule has 5 N–H and O–H groups in total. The molecule has 5 atom stereocenters. The first-order valence-electron chi connectivity index (χ1n) is 16.0. The second-order valence-electron chi connectivity index (χ2n) is 12.4. The lowest BCUT2D eigenvalue weighted by Crippen LogP contribution is -2.78. The Labute approximate surface area is 277 Å². The zero-order valence-corrected chi connectivity index (χ0v) is 26.5. The van der Waals surface area contributed by atoms with Crippen molar-refractivity contribution in [3.05, 3.63) is 179 Å². The van der Waals surface area contributed by atoms with Crippen molar-refractivity contribution in [2.45, 2.75) is 61.3 Å². The normalized spacial score (nSPS) is 16.7. The zero-order chi connectivity index (χ0) is 33.2. The van der Waals surface area contributed by atoms with Crippen LogP contribution in [0.1, 0.15) is 27.8 Å². The summed E-state index contributed by atoms with van der Waals surface area (Å²) in [5, 5.41) is 62.8. The standard InChI is InChI=1S/C41H44O6/c42-30-38(47-31-36-24-14-5-15-25-36)40(45,28-34-20-10-3-11-21-34)41(46,29-35-22-12-4-13-23-35)39(44,27-33-18-8-2-9-19-33)37(43)26-32-16-6-1-7-17-32/h1-25,37-38,42-46H,26-31H2/t37?,38-,39-,40-,41-/m1/s1. The minimum absolute atomic E-state index is 0.00262. The van der Waals surface area contributed by atoms with Crippen molar-refractivity contribution in [1.82, 2.24) is 0 Å². The Hall–Kier alpha value is -4.14. The molecule has 5 rings (SSSR count). The third-order valence-electron chi connectivity index (χ3n) is 9.18. The maximum Gasteiger partial charge on any atom is 0.132 e. The van der Waals surface area contributed by atoms with Crippen molar-refractivity contribution < 1.29 is 30.3 Å². The number of hydrogen-bond donors (Lipinski definition) is 5. The molecule has 5 aromatic rings. The molecule has 244 valence electrons. The lowest BCUT2D eigenvalue weighted by atomic mass is 9.59. The minimum Gasteiger partial charge on any atom is -0.394 e. The van der Waals surface area contributed by atoms with Crippen LogP contribution in [0.4, 0.5) is 0 Å². The molecule has 0 amide bonds. The predicted molar refractivity (Wildman–Crippen MR) is 184 cm³/mol. The summed E-state index contributed by atoms with van der Waals surface area (Å²) >= 11 is 0. The first kappa shape index (κ1) is 34.2. The molecule has 0 saturated carbocycles. The van der Waals surface area contributed by atoms with Crippen LogP contribution in [-0.2, 0) is 37.0 Å². The van der Waals surface area contributed by atoms with E-state index in [0.29, 0.717) is 16.7 Å². The molecule has 6 heteroatoms. The van der Waals surface area contributed by atoms with E-state index in [1.54, 1.807) is 12.1 Å². The summed E-state index contributed by atoms with van der Waals surface area (Å²) in [7, 11) is 0. The van der Waals surface area contributed by atoms with E-state index in [0.717, 1.165) is 11.1 Å². The molecule has 0 aliphatic rings. The molecule has 0 aliphatic carbocycles. The van der Waals surface area contributed by atoms with Crippen molar-refractivity contribution >= 4 is 0 Å². The molecule has 0 aliphatic heterocycles. The Kier molecular flexibility index (Phi) is 11.4. The van der Waals surface area contributed by atoms with Crippen molar-refractivity contribution in [3.63, 3.8) is 0 Å². The van der Waals surface area contributed by atoms with E-state index in [2.05, 4.69) is 0 Å². The van der Waals surface area contributed by atoms with Gasteiger partial charge in [0.2, 0.25) is 0 Å². The van der Waals surface area contributed by atoms with Crippen molar-refractivity contribution in [2.75, 3.05) is 6.61 Å². The third kappa shape index (κ3) is 7.88. The molecular weight excluding hydrogens is 588 g/mol. The van der Waals surface area contributed by atoms with Gasteiger partial charge in [0, 0.05) is 25.7 Å². The van der Waals surface area contributed by atoms with Gasteiger partial charge in [-0.05, 0) is 27.8 Å². The second kappa shape index (κ2) is 15.6. The van der Waals surface area contributed by atoms with Gasteiger partial charge in [0.1, 0.15) is 22.9 Å². The largest absolute Gasteiger partial charge is 0.394 e. The van der Waals surface area contributed by atoms with Crippen LogP contribution in [0.5, 0.6) is 0 Å². The minimum atomic E-state index is -2.48. The van der Waals surface area contributed by atoms with Crippen LogP contribution >= 0.6 is 0 Å². The molecule has 0 aromatic heterocycles. The Morgan fingerprint density at radius 2 is 0.830 bits per heavy atom. The monoisotopic (exact) mass is 632 g/mol. The fraction of sp³-hybridized carbons (Fsp3) is 0.268. The smallest absolute Gasteiger partial charge is 0.132 e. The SMILES string of the molecule is OC[C@@H](OCc1ccccc1)[C@](O)(Cc1ccccc1)[C@@](O)(Cc1ccccc1)[C@@](O)(Cc1ccccc1)C(O)Cc1ccccc1. The number of aliphatic hydroxyl groups is 5. The molecule has 6 nitrogen and oxygen atoms in total. The van der Waals surface area contributed by atoms with E-state index in [-0.39, 0.29) is 32.3 Å². The Morgan fingerprint density at radius 3 is 1.26 bits per heavy atom. The van der Waals surface area contributed by atoms with E-state index >= 15 is 0 Å². The highest BCUT2D eigenvalue weighted by molar-refractivity contribution is 5.32. The zero-order valence-electron chi connectivity index (χ0n) is 26.5. The second-order valence-corrected chi connectivity index (χ2v) is 12.4. The molecule has 0 radical (unpaired) electrons. The van der Waals surface area contributed by atoms with Gasteiger partial charge >= 0.3 is 0 Å². The summed E-state index contributed by atoms with van der Waals surface area (Å²) < 4.78 is 6.29. The highest BCUT2D eigenvalue weighted by atomic mass is 16.5. The van der Waals surface area contributed by atoms with Gasteiger partial charge < -0.3 is 30.3 Å². The number of ether oxygens (including phenoxy) is 1. The van der Waals surface area contributed by atoms with Gasteiger partial charge in [0.15, 0.2) is 0 Å². The van der Waals surface area contributed by atoms with Gasteiger partial charge in [0.25, 0.3) is 0 Å². The maximum atomic E-state index is 13.4. The van der Waals surface area contributed by atoms with E-state index in [9.17, 15) is 25.5 Å². The fourth-order valence-corrected chi connectivity index (χ4v) is 6.57. The number of rotatable bonds is 16. The summed E-state index contributed by atoms with van der Waals surface area (Å²) in [5.74, 6) is 0. The van der Waals surface area contributed by atoms with Crippen LogP contribution in [0.25, 0.3) is 0 Å². The maximum absolute atomic E-state index is 13.4. The third-order valence-corrected chi connectivity index (χ3v) is 9.18. The number of hydrogen-bond acceptors (Lipinski definition) is 6. The molecule has 1 unspecified atom stereocenters. The lowest BCUT2D eigenvalue weighted by Gasteiger charge is -2.56. The predicted octanol–water partition coefficient (Wildman–Crippen LogP) is 5.09. The van der Waals surface area contributed by atoms with Gasteiger partial charge in [-0.3, -0.25) is 0 Å². The van der Waals surface area contributed by atoms with Crippen LogP contribution in [-0.4, -0.2) is 61.2 Å². The van der Waals surface area contributed by atoms with E-state index in [4.69, 9.17) is 4.74 Å². The first-order valence-corrected chi connectivity index (χ1v) is 16.0. The highest BCUT2D eigenvalue weighted by Crippen LogP contribution is 2.45. The Morgan fingerprint density at radius 1 is 0.468 bits per heavy atom. The molecule has 0 bridgehead atoms. The molecule has 5 aromatic carbocycles. The van der Waals surface area contributed by atoms with Crippen LogP contribution in [0, 0.1) is 0 Å². The number of aliphatic hydroxyl groups excluding tert-OH is 2. The summed E-state index contributed by atoms with van der Waals surface area (Å²) in [6, 6.07) is 46.0. The van der Waals surface area contributed by atoms with Crippen molar-refractivity contribution in [3.8, 4) is 0 Å². The van der Waals surface area contributed by atoms with Gasteiger partial charge in [-0.25, -0.2) is 0 Å². The average Bonchev–Trinajstić information content (AvgIpc) is 3.10. The molecule has 0 saturated heterocycles. The van der Waals surface area contributed by atoms with Gasteiger partial charge in [-0.15, -0.1) is 0 Å². The van der Waals surface area contributed by atoms with E-state index in [1.807, 2.05) is 140 Å². The Balaban J connectivity index is 1.71. The van der Waals surface area contributed by atoms with Gasteiger partial charge in [-0.1, -0.05) is 152 Å². The van der Waals surface area contributed by atoms with E-state index in [1.165, 1.54) is 0 Å².